The van der Waals surface area contributed by atoms with E-state index < -0.39 is 8.56 Å². The fraction of sp³-hybridized carbons (Fsp3) is 0.857. The Labute approximate surface area is 64.8 Å². The van der Waals surface area contributed by atoms with Crippen molar-refractivity contribution < 1.29 is 8.85 Å². The van der Waals surface area contributed by atoms with Crippen molar-refractivity contribution >= 4 is 8.56 Å². The fourth-order valence-corrected chi connectivity index (χ4v) is 2.20. The maximum Gasteiger partial charge on any atom is 0.341 e. The summed E-state index contributed by atoms with van der Waals surface area (Å²) in [5, 5.41) is 0. The third-order valence-electron chi connectivity index (χ3n) is 1.27. The summed E-state index contributed by atoms with van der Waals surface area (Å²) in [6.07, 6.45) is 0. The minimum absolute atomic E-state index is 0.649. The van der Waals surface area contributed by atoms with Crippen molar-refractivity contribution in [1.82, 2.24) is 0 Å². The summed E-state index contributed by atoms with van der Waals surface area (Å²) in [5.41, 5.74) is 0. The molecular weight excluding hydrogens is 144 g/mol. The highest BCUT2D eigenvalue weighted by Crippen LogP contribution is 2.10. The molecule has 0 rings (SSSR count). The van der Waals surface area contributed by atoms with Crippen LogP contribution in [0.15, 0.2) is 0 Å². The number of hydrogen-bond donors (Lipinski definition) is 0. The third-order valence-corrected chi connectivity index (χ3v) is 3.81. The highest BCUT2D eigenvalue weighted by Gasteiger charge is 2.27. The molecule has 0 amide bonds. The van der Waals surface area contributed by atoms with E-state index in [1.807, 2.05) is 20.8 Å². The molecule has 0 aliphatic rings. The molecule has 2 radical (unpaired) electrons. The van der Waals surface area contributed by atoms with Gasteiger partial charge in [-0.05, 0) is 19.9 Å². The minimum Gasteiger partial charge on any atom is -0.394 e. The summed E-state index contributed by atoms with van der Waals surface area (Å²) in [4.78, 5) is 0. The lowest BCUT2D eigenvalue weighted by atomic mass is 10.9. The largest absolute Gasteiger partial charge is 0.394 e. The van der Waals surface area contributed by atoms with Crippen molar-refractivity contribution in [2.45, 2.75) is 26.8 Å². The second-order valence-corrected chi connectivity index (χ2v) is 4.94. The molecule has 60 valence electrons. The normalized spacial score (nSPS) is 12.0. The van der Waals surface area contributed by atoms with Crippen molar-refractivity contribution in [3.05, 3.63) is 6.55 Å². The first-order chi connectivity index (χ1) is 4.68. The first kappa shape index (κ1) is 10.1. The van der Waals surface area contributed by atoms with Crippen LogP contribution in [-0.4, -0.2) is 21.8 Å². The maximum atomic E-state index is 5.81. The molecule has 0 saturated heterocycles. The van der Waals surface area contributed by atoms with Gasteiger partial charge in [-0.15, -0.1) is 0 Å². The van der Waals surface area contributed by atoms with Crippen molar-refractivity contribution in [3.8, 4) is 0 Å². The highest BCUT2D eigenvalue weighted by molar-refractivity contribution is 6.69. The molecule has 10 heavy (non-hydrogen) atoms. The highest BCUT2D eigenvalue weighted by atomic mass is 28.4. The van der Waals surface area contributed by atoms with Crippen LogP contribution in [-0.2, 0) is 8.85 Å². The SMILES string of the molecule is [CH][Si](CC)(OCC)OCC. The van der Waals surface area contributed by atoms with Gasteiger partial charge in [-0.3, -0.25) is 0 Å². The van der Waals surface area contributed by atoms with E-state index in [0.29, 0.717) is 13.2 Å². The minimum atomic E-state index is -2.22. The van der Waals surface area contributed by atoms with Crippen molar-refractivity contribution in [2.24, 2.45) is 0 Å². The van der Waals surface area contributed by atoms with Gasteiger partial charge in [0.2, 0.25) is 0 Å². The second-order valence-electron chi connectivity index (χ2n) is 2.03. The topological polar surface area (TPSA) is 18.5 Å². The molecule has 0 aromatic rings. The van der Waals surface area contributed by atoms with Gasteiger partial charge in [-0.1, -0.05) is 6.92 Å². The zero-order valence-corrected chi connectivity index (χ0v) is 8.02. The van der Waals surface area contributed by atoms with Crippen LogP contribution in [0.4, 0.5) is 0 Å². The lowest BCUT2D eigenvalue weighted by molar-refractivity contribution is 0.195. The first-order valence-electron chi connectivity index (χ1n) is 3.75. The molecule has 0 aromatic carbocycles. The summed E-state index contributed by atoms with van der Waals surface area (Å²) in [6, 6.07) is 0.814. The van der Waals surface area contributed by atoms with Gasteiger partial charge >= 0.3 is 8.56 Å². The van der Waals surface area contributed by atoms with Crippen molar-refractivity contribution in [3.63, 3.8) is 0 Å². The molecule has 0 fully saturated rings. The second kappa shape index (κ2) is 4.88. The average Bonchev–Trinajstić information content (AvgIpc) is 1.89. The van der Waals surface area contributed by atoms with Gasteiger partial charge in [0, 0.05) is 19.8 Å². The molecule has 0 unspecified atom stereocenters. The molecule has 0 aromatic heterocycles. The monoisotopic (exact) mass is 160 g/mol. The summed E-state index contributed by atoms with van der Waals surface area (Å²) in [7, 11) is -2.22. The van der Waals surface area contributed by atoms with Crippen LogP contribution in [0.3, 0.4) is 0 Å². The van der Waals surface area contributed by atoms with Crippen LogP contribution < -0.4 is 0 Å². The summed E-state index contributed by atoms with van der Waals surface area (Å²) in [5.74, 6) is 0. The van der Waals surface area contributed by atoms with E-state index >= 15 is 0 Å². The van der Waals surface area contributed by atoms with E-state index in [1.54, 1.807) is 0 Å². The van der Waals surface area contributed by atoms with E-state index in [9.17, 15) is 0 Å². The number of rotatable bonds is 5. The molecule has 0 aliphatic carbocycles. The van der Waals surface area contributed by atoms with E-state index in [2.05, 4.69) is 0 Å². The first-order valence-corrected chi connectivity index (χ1v) is 5.85. The predicted molar refractivity (Wildman–Crippen MR) is 43.8 cm³/mol. The molecule has 0 saturated carbocycles. The molecule has 2 nitrogen and oxygen atoms in total. The zero-order chi connectivity index (χ0) is 8.04. The van der Waals surface area contributed by atoms with Crippen LogP contribution in [0, 0.1) is 6.55 Å². The van der Waals surface area contributed by atoms with Crippen LogP contribution >= 0.6 is 0 Å². The Morgan fingerprint density at radius 1 is 1.10 bits per heavy atom. The molecule has 0 atom stereocenters. The van der Waals surface area contributed by atoms with Crippen LogP contribution in [0.25, 0.3) is 0 Å². The van der Waals surface area contributed by atoms with Crippen LogP contribution in [0.1, 0.15) is 20.8 Å². The molecule has 0 spiro atoms. The molecule has 3 heteroatoms. The molecule has 0 N–H and O–H groups in total. The predicted octanol–water partition coefficient (Wildman–Crippen LogP) is 1.77. The Morgan fingerprint density at radius 3 is 1.70 bits per heavy atom. The lowest BCUT2D eigenvalue weighted by Gasteiger charge is -2.23. The Hall–Kier alpha value is 0.137. The molecule has 0 heterocycles. The van der Waals surface area contributed by atoms with Gasteiger partial charge in [0.25, 0.3) is 0 Å². The maximum absolute atomic E-state index is 5.81. The van der Waals surface area contributed by atoms with Crippen LogP contribution in [0.5, 0.6) is 0 Å². The van der Waals surface area contributed by atoms with E-state index in [1.165, 1.54) is 0 Å². The Kier molecular flexibility index (Phi) is 4.94. The average molecular weight is 160 g/mol. The smallest absolute Gasteiger partial charge is 0.341 e. The van der Waals surface area contributed by atoms with E-state index in [4.69, 9.17) is 15.4 Å². The van der Waals surface area contributed by atoms with E-state index in [-0.39, 0.29) is 0 Å². The van der Waals surface area contributed by atoms with Crippen molar-refractivity contribution in [2.75, 3.05) is 13.2 Å². The van der Waals surface area contributed by atoms with Gasteiger partial charge in [0.15, 0.2) is 0 Å². The number of hydrogen-bond acceptors (Lipinski definition) is 2. The Morgan fingerprint density at radius 2 is 1.50 bits per heavy atom. The third kappa shape index (κ3) is 3.34. The Balaban J connectivity index is 3.69. The van der Waals surface area contributed by atoms with Gasteiger partial charge in [0.05, 0.1) is 0 Å². The summed E-state index contributed by atoms with van der Waals surface area (Å²) in [6.45, 7) is 13.0. The standard InChI is InChI=1S/C7H16O2Si/c1-5-8-10(4,7-3)9-6-2/h4H,5-7H2,1-3H3. The zero-order valence-electron chi connectivity index (χ0n) is 7.02. The fourth-order valence-electron chi connectivity index (χ4n) is 0.734. The van der Waals surface area contributed by atoms with Gasteiger partial charge in [-0.25, -0.2) is 0 Å². The van der Waals surface area contributed by atoms with E-state index in [0.717, 1.165) is 6.04 Å². The van der Waals surface area contributed by atoms with Crippen molar-refractivity contribution in [1.29, 1.82) is 0 Å². The van der Waals surface area contributed by atoms with Gasteiger partial charge in [0.1, 0.15) is 0 Å². The van der Waals surface area contributed by atoms with Gasteiger partial charge in [-0.2, -0.15) is 0 Å². The lowest BCUT2D eigenvalue weighted by Crippen LogP contribution is -2.38. The summed E-state index contributed by atoms with van der Waals surface area (Å²) < 4.78 is 10.6. The summed E-state index contributed by atoms with van der Waals surface area (Å²) >= 11 is 0. The van der Waals surface area contributed by atoms with Crippen LogP contribution in [0.2, 0.25) is 6.04 Å². The molecular formula is C7H16O2Si. The quantitative estimate of drug-likeness (QED) is 0.571. The van der Waals surface area contributed by atoms with Gasteiger partial charge < -0.3 is 8.85 Å². The molecule has 0 aliphatic heterocycles. The Bertz CT molecular complexity index is 79.7. The molecule has 0 bridgehead atoms.